The van der Waals surface area contributed by atoms with Gasteiger partial charge in [-0.25, -0.2) is 0 Å². The summed E-state index contributed by atoms with van der Waals surface area (Å²) in [6.07, 6.45) is 1.70. The summed E-state index contributed by atoms with van der Waals surface area (Å²) >= 11 is 0.930. The number of imide groups is 1. The summed E-state index contributed by atoms with van der Waals surface area (Å²) in [5.74, 6) is -0.316. The summed E-state index contributed by atoms with van der Waals surface area (Å²) < 4.78 is 0. The van der Waals surface area contributed by atoms with Crippen LogP contribution in [0.25, 0.3) is 6.08 Å². The van der Waals surface area contributed by atoms with E-state index in [0.29, 0.717) is 4.91 Å². The zero-order valence-corrected chi connectivity index (χ0v) is 8.01. The van der Waals surface area contributed by atoms with Crippen LogP contribution in [0.4, 0.5) is 4.79 Å². The van der Waals surface area contributed by atoms with Crippen molar-refractivity contribution in [3.8, 4) is 0 Å². The average Bonchev–Trinajstić information content (AvgIpc) is 2.47. The Morgan fingerprint density at radius 3 is 2.43 bits per heavy atom. The lowest BCUT2D eigenvalue weighted by molar-refractivity contribution is -0.115. The van der Waals surface area contributed by atoms with Gasteiger partial charge in [0.2, 0.25) is 0 Å². The van der Waals surface area contributed by atoms with Crippen molar-refractivity contribution in [2.75, 3.05) is 0 Å². The Labute approximate surface area is 85.2 Å². The molecule has 0 aliphatic carbocycles. The maximum Gasteiger partial charge on any atom is 0.290 e. The van der Waals surface area contributed by atoms with Crippen LogP contribution in [-0.2, 0) is 4.79 Å². The number of rotatable bonds is 1. The predicted octanol–water partition coefficient (Wildman–Crippen LogP) is 2.01. The van der Waals surface area contributed by atoms with Gasteiger partial charge < -0.3 is 0 Å². The lowest BCUT2D eigenvalue weighted by Gasteiger charge is -1.92. The fraction of sp³-hybridized carbons (Fsp3) is 0. The van der Waals surface area contributed by atoms with Gasteiger partial charge in [-0.05, 0) is 23.4 Å². The zero-order valence-electron chi connectivity index (χ0n) is 7.19. The normalized spacial score (nSPS) is 18.7. The molecule has 1 fully saturated rings. The molecule has 0 radical (unpaired) electrons. The van der Waals surface area contributed by atoms with Crippen LogP contribution in [0.5, 0.6) is 0 Å². The molecule has 1 aromatic carbocycles. The van der Waals surface area contributed by atoms with E-state index in [1.807, 2.05) is 30.3 Å². The van der Waals surface area contributed by atoms with Gasteiger partial charge >= 0.3 is 0 Å². The molecule has 70 valence electrons. The van der Waals surface area contributed by atoms with Crippen LogP contribution in [0.3, 0.4) is 0 Å². The highest BCUT2D eigenvalue weighted by molar-refractivity contribution is 8.18. The molecule has 2 rings (SSSR count). The summed E-state index contributed by atoms with van der Waals surface area (Å²) in [6, 6.07) is 9.42. The van der Waals surface area contributed by atoms with Crippen molar-refractivity contribution in [2.24, 2.45) is 0 Å². The molecule has 0 saturated carbocycles. The molecule has 0 aromatic heterocycles. The molecule has 2 amide bonds. The van der Waals surface area contributed by atoms with Crippen molar-refractivity contribution < 1.29 is 9.59 Å². The first-order valence-corrected chi connectivity index (χ1v) is 4.87. The molecular weight excluding hydrogens is 198 g/mol. The summed E-state index contributed by atoms with van der Waals surface area (Å²) in [7, 11) is 0. The Morgan fingerprint density at radius 1 is 1.14 bits per heavy atom. The standard InChI is InChI=1S/C10H7NO2S/c12-9-8(14-10(13)11-9)6-7-4-2-1-3-5-7/h1-6H,(H,11,12,13)/b8-6-. The molecular formula is C10H7NO2S. The minimum Gasteiger partial charge on any atom is -0.282 e. The zero-order chi connectivity index (χ0) is 9.97. The monoisotopic (exact) mass is 205 g/mol. The van der Waals surface area contributed by atoms with E-state index < -0.39 is 0 Å². The van der Waals surface area contributed by atoms with Gasteiger partial charge in [0.25, 0.3) is 11.1 Å². The molecule has 1 N–H and O–H groups in total. The molecule has 4 heteroatoms. The van der Waals surface area contributed by atoms with E-state index in [1.54, 1.807) is 6.08 Å². The largest absolute Gasteiger partial charge is 0.290 e. The van der Waals surface area contributed by atoms with Gasteiger partial charge in [0.1, 0.15) is 0 Å². The number of amides is 2. The van der Waals surface area contributed by atoms with Crippen molar-refractivity contribution in [3.63, 3.8) is 0 Å². The van der Waals surface area contributed by atoms with E-state index in [-0.39, 0.29) is 11.1 Å². The molecule has 14 heavy (non-hydrogen) atoms. The SMILES string of the molecule is O=C1NC(=O)/C(=C/c2ccccc2)S1. The van der Waals surface area contributed by atoms with E-state index in [0.717, 1.165) is 17.3 Å². The van der Waals surface area contributed by atoms with Crippen LogP contribution in [-0.4, -0.2) is 11.1 Å². The smallest absolute Gasteiger partial charge is 0.282 e. The van der Waals surface area contributed by atoms with Gasteiger partial charge in [0, 0.05) is 0 Å². The number of nitrogens with one attached hydrogen (secondary N) is 1. The van der Waals surface area contributed by atoms with E-state index in [9.17, 15) is 9.59 Å². The molecule has 1 aliphatic heterocycles. The molecule has 0 bridgehead atoms. The van der Waals surface area contributed by atoms with E-state index >= 15 is 0 Å². The Balaban J connectivity index is 2.28. The first-order valence-electron chi connectivity index (χ1n) is 4.05. The van der Waals surface area contributed by atoms with Crippen LogP contribution < -0.4 is 5.32 Å². The fourth-order valence-corrected chi connectivity index (χ4v) is 1.80. The van der Waals surface area contributed by atoms with Crippen molar-refractivity contribution in [2.45, 2.75) is 0 Å². The highest BCUT2D eigenvalue weighted by Crippen LogP contribution is 2.25. The second-order valence-electron chi connectivity index (χ2n) is 2.76. The number of hydrogen-bond donors (Lipinski definition) is 1. The number of benzene rings is 1. The fourth-order valence-electron chi connectivity index (χ4n) is 1.12. The third-order valence-corrected chi connectivity index (χ3v) is 2.55. The van der Waals surface area contributed by atoms with Gasteiger partial charge in [-0.2, -0.15) is 0 Å². The molecule has 0 unspecified atom stereocenters. The van der Waals surface area contributed by atoms with E-state index in [1.165, 1.54) is 0 Å². The van der Waals surface area contributed by atoms with Gasteiger partial charge in [0.05, 0.1) is 4.91 Å². The number of carbonyl (C=O) groups excluding carboxylic acids is 2. The molecule has 1 saturated heterocycles. The van der Waals surface area contributed by atoms with Crippen LogP contribution in [0.1, 0.15) is 5.56 Å². The third kappa shape index (κ3) is 1.85. The maximum atomic E-state index is 11.2. The lowest BCUT2D eigenvalue weighted by Crippen LogP contribution is -2.17. The van der Waals surface area contributed by atoms with E-state index in [2.05, 4.69) is 5.32 Å². The van der Waals surface area contributed by atoms with Gasteiger partial charge in [-0.15, -0.1) is 0 Å². The Kier molecular flexibility index (Phi) is 2.37. The summed E-state index contributed by atoms with van der Waals surface area (Å²) in [5.41, 5.74) is 0.917. The Bertz CT molecular complexity index is 411. The molecule has 0 spiro atoms. The number of hydrogen-bond acceptors (Lipinski definition) is 3. The third-order valence-electron chi connectivity index (χ3n) is 1.74. The first kappa shape index (κ1) is 9.02. The predicted molar refractivity (Wildman–Crippen MR) is 55.5 cm³/mol. The first-order chi connectivity index (χ1) is 6.75. The van der Waals surface area contributed by atoms with Crippen molar-refractivity contribution in [1.82, 2.24) is 5.32 Å². The number of carbonyl (C=O) groups is 2. The molecule has 0 atom stereocenters. The second-order valence-corrected chi connectivity index (χ2v) is 3.78. The highest BCUT2D eigenvalue weighted by Gasteiger charge is 2.24. The lowest BCUT2D eigenvalue weighted by atomic mass is 10.2. The molecule has 1 heterocycles. The Morgan fingerprint density at radius 2 is 1.86 bits per heavy atom. The minimum absolute atomic E-state index is 0.308. The quantitative estimate of drug-likeness (QED) is 0.713. The van der Waals surface area contributed by atoms with Crippen LogP contribution in [0.15, 0.2) is 35.2 Å². The molecule has 3 nitrogen and oxygen atoms in total. The number of thioether (sulfide) groups is 1. The highest BCUT2D eigenvalue weighted by atomic mass is 32.2. The second kappa shape index (κ2) is 3.67. The minimum atomic E-state index is -0.316. The molecule has 1 aliphatic rings. The molecule has 1 aromatic rings. The van der Waals surface area contributed by atoms with Crippen LogP contribution >= 0.6 is 11.8 Å². The van der Waals surface area contributed by atoms with Crippen molar-refractivity contribution in [1.29, 1.82) is 0 Å². The summed E-state index contributed by atoms with van der Waals surface area (Å²) in [4.78, 5) is 22.5. The summed E-state index contributed by atoms with van der Waals surface area (Å²) in [5, 5.41) is 1.90. The van der Waals surface area contributed by atoms with Crippen molar-refractivity contribution in [3.05, 3.63) is 40.8 Å². The topological polar surface area (TPSA) is 46.2 Å². The Hall–Kier alpha value is -1.55. The van der Waals surface area contributed by atoms with Crippen LogP contribution in [0, 0.1) is 0 Å². The summed E-state index contributed by atoms with van der Waals surface area (Å²) in [6.45, 7) is 0. The maximum absolute atomic E-state index is 11.2. The van der Waals surface area contributed by atoms with E-state index in [4.69, 9.17) is 0 Å². The van der Waals surface area contributed by atoms with Gasteiger partial charge in [0.15, 0.2) is 0 Å². The van der Waals surface area contributed by atoms with Gasteiger partial charge in [-0.1, -0.05) is 30.3 Å². The van der Waals surface area contributed by atoms with Crippen molar-refractivity contribution >= 4 is 29.0 Å². The van der Waals surface area contributed by atoms with Crippen LogP contribution in [0.2, 0.25) is 0 Å². The average molecular weight is 205 g/mol. The van der Waals surface area contributed by atoms with Gasteiger partial charge in [-0.3, -0.25) is 14.9 Å².